The van der Waals surface area contributed by atoms with E-state index in [0.29, 0.717) is 11.5 Å². The number of hydrogen-bond acceptors (Lipinski definition) is 5. The minimum absolute atomic E-state index is 0.465. The molecule has 6 nitrogen and oxygen atoms in total. The molecule has 0 amide bonds. The Bertz CT molecular complexity index is 648. The van der Waals surface area contributed by atoms with Crippen molar-refractivity contribution in [2.24, 2.45) is 0 Å². The van der Waals surface area contributed by atoms with Crippen molar-refractivity contribution in [1.82, 2.24) is 15.2 Å². The average Bonchev–Trinajstić information content (AvgIpc) is 2.36. The highest BCUT2D eigenvalue weighted by molar-refractivity contribution is 5.66. The van der Waals surface area contributed by atoms with E-state index in [9.17, 15) is 4.79 Å². The van der Waals surface area contributed by atoms with E-state index in [1.807, 2.05) is 37.2 Å². The number of hydrogen-bond donors (Lipinski definition) is 2. The van der Waals surface area contributed by atoms with E-state index >= 15 is 0 Å². The molecule has 19 heavy (non-hydrogen) atoms. The van der Waals surface area contributed by atoms with E-state index in [0.717, 1.165) is 11.4 Å². The highest BCUT2D eigenvalue weighted by Crippen LogP contribution is 2.24. The number of aryl methyl sites for hydroxylation is 2. The van der Waals surface area contributed by atoms with Gasteiger partial charge < -0.3 is 10.2 Å². The number of anilines is 3. The molecule has 100 valence electrons. The Morgan fingerprint density at radius 1 is 1.26 bits per heavy atom. The summed E-state index contributed by atoms with van der Waals surface area (Å²) >= 11 is 0. The summed E-state index contributed by atoms with van der Waals surface area (Å²) in [4.78, 5) is 17.1. The molecule has 0 aliphatic carbocycles. The molecule has 0 aliphatic heterocycles. The number of benzene rings is 1. The Kier molecular flexibility index (Phi) is 3.50. The first-order chi connectivity index (χ1) is 8.97. The quantitative estimate of drug-likeness (QED) is 0.875. The molecule has 6 heteroatoms. The maximum atomic E-state index is 11.2. The van der Waals surface area contributed by atoms with Gasteiger partial charge in [0.25, 0.3) is 0 Å². The molecular formula is C13H17N5O. The Morgan fingerprint density at radius 2 is 2.00 bits per heavy atom. The van der Waals surface area contributed by atoms with Crippen LogP contribution in [0.2, 0.25) is 0 Å². The van der Waals surface area contributed by atoms with Crippen molar-refractivity contribution in [1.29, 1.82) is 0 Å². The van der Waals surface area contributed by atoms with Gasteiger partial charge in [-0.2, -0.15) is 10.1 Å². The second-order valence-electron chi connectivity index (χ2n) is 4.60. The van der Waals surface area contributed by atoms with Crippen LogP contribution in [0.5, 0.6) is 0 Å². The number of H-pyrrole nitrogens is 1. The molecule has 0 saturated heterocycles. The third-order valence-corrected chi connectivity index (χ3v) is 2.83. The van der Waals surface area contributed by atoms with Crippen LogP contribution in [0.3, 0.4) is 0 Å². The van der Waals surface area contributed by atoms with Crippen LogP contribution in [0.15, 0.2) is 23.0 Å². The molecule has 2 rings (SSSR count). The summed E-state index contributed by atoms with van der Waals surface area (Å²) in [6, 6.07) is 5.98. The van der Waals surface area contributed by atoms with Crippen LogP contribution in [0.1, 0.15) is 11.3 Å². The van der Waals surface area contributed by atoms with Crippen molar-refractivity contribution in [3.05, 3.63) is 39.9 Å². The first kappa shape index (κ1) is 13.1. The predicted octanol–water partition coefficient (Wildman–Crippen LogP) is 1.59. The molecule has 1 heterocycles. The van der Waals surface area contributed by atoms with E-state index < -0.39 is 5.69 Å². The summed E-state index contributed by atoms with van der Waals surface area (Å²) < 4.78 is 0. The van der Waals surface area contributed by atoms with Crippen LogP contribution >= 0.6 is 0 Å². The fraction of sp³-hybridized carbons (Fsp3) is 0.308. The second-order valence-corrected chi connectivity index (χ2v) is 4.60. The molecular weight excluding hydrogens is 242 g/mol. The standard InChI is InChI=1S/C13H17N5O/c1-8-5-6-10(7-11(8)18(3)4)14-12-9(2)16-17-13(19)15-12/h5-7H,1-4H3,(H2,14,15,17,19). The largest absolute Gasteiger partial charge is 0.377 e. The van der Waals surface area contributed by atoms with Gasteiger partial charge in [-0.1, -0.05) is 6.07 Å². The van der Waals surface area contributed by atoms with Gasteiger partial charge in [-0.15, -0.1) is 0 Å². The zero-order valence-electron chi connectivity index (χ0n) is 11.5. The Labute approximate surface area is 111 Å². The molecule has 0 unspecified atom stereocenters. The molecule has 0 atom stereocenters. The van der Waals surface area contributed by atoms with Gasteiger partial charge >= 0.3 is 5.69 Å². The maximum absolute atomic E-state index is 11.2. The lowest BCUT2D eigenvalue weighted by atomic mass is 10.1. The monoisotopic (exact) mass is 259 g/mol. The topological polar surface area (TPSA) is 73.9 Å². The zero-order chi connectivity index (χ0) is 14.0. The van der Waals surface area contributed by atoms with Crippen molar-refractivity contribution in [3.63, 3.8) is 0 Å². The third kappa shape index (κ3) is 2.90. The van der Waals surface area contributed by atoms with Crippen molar-refractivity contribution in [2.75, 3.05) is 24.3 Å². The maximum Gasteiger partial charge on any atom is 0.363 e. The van der Waals surface area contributed by atoms with Gasteiger partial charge in [0.15, 0.2) is 5.82 Å². The SMILES string of the molecule is Cc1ccc(Nc2nc(=O)[nH]nc2C)cc1N(C)C. The van der Waals surface area contributed by atoms with Crippen molar-refractivity contribution >= 4 is 17.2 Å². The third-order valence-electron chi connectivity index (χ3n) is 2.83. The van der Waals surface area contributed by atoms with E-state index in [-0.39, 0.29) is 0 Å². The Hall–Kier alpha value is -2.37. The first-order valence-corrected chi connectivity index (χ1v) is 5.95. The molecule has 1 aromatic heterocycles. The van der Waals surface area contributed by atoms with Crippen LogP contribution in [0.25, 0.3) is 0 Å². The molecule has 0 bridgehead atoms. The van der Waals surface area contributed by atoms with Crippen LogP contribution in [-0.2, 0) is 0 Å². The van der Waals surface area contributed by atoms with E-state index in [4.69, 9.17) is 0 Å². The second kappa shape index (κ2) is 5.09. The molecule has 0 spiro atoms. The minimum Gasteiger partial charge on any atom is -0.377 e. The Balaban J connectivity index is 2.36. The van der Waals surface area contributed by atoms with E-state index in [1.165, 1.54) is 5.56 Å². The molecule has 2 aromatic rings. The van der Waals surface area contributed by atoms with Gasteiger partial charge in [-0.3, -0.25) is 0 Å². The summed E-state index contributed by atoms with van der Waals surface area (Å²) in [6.07, 6.45) is 0. The van der Waals surface area contributed by atoms with Crippen LogP contribution in [-0.4, -0.2) is 29.3 Å². The lowest BCUT2D eigenvalue weighted by Crippen LogP contribution is -2.16. The van der Waals surface area contributed by atoms with Crippen LogP contribution in [0, 0.1) is 13.8 Å². The van der Waals surface area contributed by atoms with Gasteiger partial charge in [0, 0.05) is 25.5 Å². The first-order valence-electron chi connectivity index (χ1n) is 5.95. The predicted molar refractivity (Wildman–Crippen MR) is 76.2 cm³/mol. The van der Waals surface area contributed by atoms with Crippen molar-refractivity contribution < 1.29 is 0 Å². The lowest BCUT2D eigenvalue weighted by Gasteiger charge is -2.17. The number of nitrogens with one attached hydrogen (secondary N) is 2. The number of nitrogens with zero attached hydrogens (tertiary/aromatic N) is 3. The fourth-order valence-corrected chi connectivity index (χ4v) is 1.82. The summed E-state index contributed by atoms with van der Waals surface area (Å²) in [5.74, 6) is 0.470. The van der Waals surface area contributed by atoms with Gasteiger partial charge in [0.2, 0.25) is 0 Å². The highest BCUT2D eigenvalue weighted by atomic mass is 16.1. The van der Waals surface area contributed by atoms with Crippen molar-refractivity contribution in [3.8, 4) is 0 Å². The fourth-order valence-electron chi connectivity index (χ4n) is 1.82. The Morgan fingerprint density at radius 3 is 2.68 bits per heavy atom. The van der Waals surface area contributed by atoms with Crippen LogP contribution < -0.4 is 15.9 Å². The van der Waals surface area contributed by atoms with Gasteiger partial charge in [-0.25, -0.2) is 9.89 Å². The molecule has 0 fully saturated rings. The highest BCUT2D eigenvalue weighted by Gasteiger charge is 2.06. The normalized spacial score (nSPS) is 10.3. The van der Waals surface area contributed by atoms with Crippen LogP contribution in [0.4, 0.5) is 17.2 Å². The molecule has 0 saturated carbocycles. The minimum atomic E-state index is -0.465. The summed E-state index contributed by atoms with van der Waals surface area (Å²) in [7, 11) is 3.98. The van der Waals surface area contributed by atoms with Crippen molar-refractivity contribution in [2.45, 2.75) is 13.8 Å². The smallest absolute Gasteiger partial charge is 0.363 e. The summed E-state index contributed by atoms with van der Waals surface area (Å²) in [5, 5.41) is 9.29. The number of aromatic nitrogens is 3. The molecule has 0 radical (unpaired) electrons. The molecule has 2 N–H and O–H groups in total. The van der Waals surface area contributed by atoms with Gasteiger partial charge in [-0.05, 0) is 31.5 Å². The van der Waals surface area contributed by atoms with E-state index in [1.54, 1.807) is 6.92 Å². The average molecular weight is 259 g/mol. The van der Waals surface area contributed by atoms with Gasteiger partial charge in [0.1, 0.15) is 5.69 Å². The summed E-state index contributed by atoms with van der Waals surface area (Å²) in [5.41, 5.74) is 3.35. The number of aromatic amines is 1. The lowest BCUT2D eigenvalue weighted by molar-refractivity contribution is 0.885. The molecule has 0 aliphatic rings. The molecule has 1 aromatic carbocycles. The zero-order valence-corrected chi connectivity index (χ0v) is 11.5. The van der Waals surface area contributed by atoms with Gasteiger partial charge in [0.05, 0.1) is 0 Å². The number of rotatable bonds is 3. The van der Waals surface area contributed by atoms with E-state index in [2.05, 4.69) is 27.4 Å². The summed E-state index contributed by atoms with van der Waals surface area (Å²) in [6.45, 7) is 3.84.